The third-order valence-corrected chi connectivity index (χ3v) is 5.48. The number of carbonyl (C=O) groups is 2. The molecule has 1 aliphatic heterocycles. The monoisotopic (exact) mass is 431 g/mol. The first-order chi connectivity index (χ1) is 12.3. The number of carbonyl (C=O) groups excluding carboxylic acids is 2. The van der Waals surface area contributed by atoms with E-state index < -0.39 is 52.1 Å². The summed E-state index contributed by atoms with van der Waals surface area (Å²) in [6, 6.07) is -2.32. The van der Waals surface area contributed by atoms with E-state index in [-0.39, 0.29) is 26.3 Å². The summed E-state index contributed by atoms with van der Waals surface area (Å²) in [6.07, 6.45) is -5.95. The minimum absolute atomic E-state index is 0.220. The van der Waals surface area contributed by atoms with Gasteiger partial charge in [0.05, 0.1) is 28.6 Å². The van der Waals surface area contributed by atoms with Gasteiger partial charge in [-0.2, -0.15) is 13.2 Å². The normalized spacial score (nSPS) is 18.9. The van der Waals surface area contributed by atoms with E-state index in [4.69, 9.17) is 11.6 Å². The van der Waals surface area contributed by atoms with Crippen LogP contribution in [0.2, 0.25) is 5.02 Å². The smallest absolute Gasteiger partial charge is 0.314 e. The van der Waals surface area contributed by atoms with Gasteiger partial charge in [-0.1, -0.05) is 11.6 Å². The molecule has 1 aromatic carbocycles. The molecular formula is C14H14ClF4N3O4S. The molecular weight excluding hydrogens is 418 g/mol. The molecule has 2 rings (SSSR count). The molecule has 0 spiro atoms. The van der Waals surface area contributed by atoms with E-state index in [0.717, 1.165) is 13.1 Å². The minimum atomic E-state index is -4.84. The van der Waals surface area contributed by atoms with Crippen LogP contribution in [0, 0.1) is 5.82 Å². The van der Waals surface area contributed by atoms with Crippen molar-refractivity contribution in [3.63, 3.8) is 0 Å². The molecule has 7 nitrogen and oxygen atoms in total. The van der Waals surface area contributed by atoms with Crippen LogP contribution in [0.4, 0.5) is 33.7 Å². The molecule has 27 heavy (non-hydrogen) atoms. The molecule has 1 N–H and O–H groups in total. The lowest BCUT2D eigenvalue weighted by molar-refractivity contribution is -0.179. The Morgan fingerprint density at radius 2 is 1.89 bits per heavy atom. The fourth-order valence-electron chi connectivity index (χ4n) is 2.39. The number of amides is 3. The maximum Gasteiger partial charge on any atom is 0.409 e. The van der Waals surface area contributed by atoms with Gasteiger partial charge in [-0.25, -0.2) is 22.5 Å². The number of nitrogens with zero attached hydrogens (tertiary/aromatic N) is 2. The zero-order chi connectivity index (χ0) is 20.7. The van der Waals surface area contributed by atoms with E-state index in [1.165, 1.54) is 6.92 Å². The summed E-state index contributed by atoms with van der Waals surface area (Å²) in [6.45, 7) is 1.32. The zero-order valence-corrected chi connectivity index (χ0v) is 15.5. The second kappa shape index (κ2) is 7.15. The molecule has 1 aromatic rings. The second-order valence-corrected chi connectivity index (χ2v) is 8.09. The Morgan fingerprint density at radius 1 is 1.30 bits per heavy atom. The Balaban J connectivity index is 2.49. The first-order valence-electron chi connectivity index (χ1n) is 7.44. The summed E-state index contributed by atoms with van der Waals surface area (Å²) >= 11 is 5.77. The summed E-state index contributed by atoms with van der Waals surface area (Å²) in [7, 11) is -3.00. The van der Waals surface area contributed by atoms with Crippen LogP contribution in [-0.4, -0.2) is 50.3 Å². The van der Waals surface area contributed by atoms with Gasteiger partial charge in [0.1, 0.15) is 11.9 Å². The highest BCUT2D eigenvalue weighted by Crippen LogP contribution is 2.36. The lowest BCUT2D eigenvalue weighted by Gasteiger charge is -2.38. The van der Waals surface area contributed by atoms with E-state index in [9.17, 15) is 35.6 Å². The fourth-order valence-corrected chi connectivity index (χ4v) is 3.29. The molecule has 3 amide bonds. The molecule has 1 heterocycles. The maximum absolute atomic E-state index is 14.3. The molecule has 1 saturated heterocycles. The molecule has 150 valence electrons. The van der Waals surface area contributed by atoms with Crippen LogP contribution >= 0.6 is 11.6 Å². The van der Waals surface area contributed by atoms with Crippen molar-refractivity contribution in [2.45, 2.75) is 25.6 Å². The predicted octanol–water partition coefficient (Wildman–Crippen LogP) is 2.96. The Labute approximate surface area is 156 Å². The highest BCUT2D eigenvalue weighted by molar-refractivity contribution is 7.92. The number of sulfonamides is 1. The van der Waals surface area contributed by atoms with Crippen LogP contribution in [0.15, 0.2) is 12.1 Å². The minimum Gasteiger partial charge on any atom is -0.314 e. The van der Waals surface area contributed by atoms with Crippen molar-refractivity contribution in [1.82, 2.24) is 4.90 Å². The van der Waals surface area contributed by atoms with Crippen molar-refractivity contribution in [2.24, 2.45) is 0 Å². The van der Waals surface area contributed by atoms with Crippen LogP contribution in [-0.2, 0) is 14.8 Å². The predicted molar refractivity (Wildman–Crippen MR) is 89.6 cm³/mol. The summed E-state index contributed by atoms with van der Waals surface area (Å²) in [4.78, 5) is 24.9. The highest BCUT2D eigenvalue weighted by Gasteiger charge is 2.51. The largest absolute Gasteiger partial charge is 0.409 e. The van der Waals surface area contributed by atoms with E-state index in [1.807, 2.05) is 4.72 Å². The first-order valence-corrected chi connectivity index (χ1v) is 9.47. The Kier molecular flexibility index (Phi) is 5.62. The van der Waals surface area contributed by atoms with Gasteiger partial charge in [-0.3, -0.25) is 9.52 Å². The lowest BCUT2D eigenvalue weighted by Crippen LogP contribution is -2.60. The number of imide groups is 1. The molecule has 13 heteroatoms. The van der Waals surface area contributed by atoms with Crippen molar-refractivity contribution in [3.05, 3.63) is 23.0 Å². The van der Waals surface area contributed by atoms with Gasteiger partial charge in [0.2, 0.25) is 15.9 Å². The number of halogens is 5. The SMILES string of the molecule is CCS(=O)(=O)Nc1cc(N2C(=O)CC(C(F)(F)F)N(C)C2=O)c(F)cc1Cl. The number of alkyl halides is 3. The zero-order valence-electron chi connectivity index (χ0n) is 14.0. The quantitative estimate of drug-likeness (QED) is 0.742. The molecule has 0 aromatic heterocycles. The van der Waals surface area contributed by atoms with E-state index in [2.05, 4.69) is 0 Å². The van der Waals surface area contributed by atoms with E-state index in [0.29, 0.717) is 6.07 Å². The van der Waals surface area contributed by atoms with E-state index >= 15 is 0 Å². The van der Waals surface area contributed by atoms with Crippen LogP contribution < -0.4 is 9.62 Å². The van der Waals surface area contributed by atoms with Gasteiger partial charge in [-0.05, 0) is 19.1 Å². The Bertz CT molecular complexity index is 891. The number of anilines is 2. The summed E-state index contributed by atoms with van der Waals surface area (Å²) in [5, 5.41) is -0.355. The van der Waals surface area contributed by atoms with Gasteiger partial charge >= 0.3 is 12.2 Å². The van der Waals surface area contributed by atoms with E-state index in [1.54, 1.807) is 0 Å². The summed E-state index contributed by atoms with van der Waals surface area (Å²) < 4.78 is 78.6. The third-order valence-electron chi connectivity index (χ3n) is 3.88. The Hall–Kier alpha value is -2.08. The van der Waals surface area contributed by atoms with Crippen molar-refractivity contribution in [1.29, 1.82) is 0 Å². The van der Waals surface area contributed by atoms with Crippen LogP contribution in [0.1, 0.15) is 13.3 Å². The average Bonchev–Trinajstić information content (AvgIpc) is 2.53. The molecule has 0 aliphatic carbocycles. The third kappa shape index (κ3) is 4.26. The number of benzene rings is 1. The van der Waals surface area contributed by atoms with Gasteiger partial charge in [-0.15, -0.1) is 0 Å². The van der Waals surface area contributed by atoms with Crippen molar-refractivity contribution in [2.75, 3.05) is 22.4 Å². The molecule has 1 aliphatic rings. The molecule has 0 radical (unpaired) electrons. The number of hydrogen-bond acceptors (Lipinski definition) is 4. The van der Waals surface area contributed by atoms with Crippen molar-refractivity contribution >= 4 is 44.9 Å². The average molecular weight is 432 g/mol. The molecule has 1 fully saturated rings. The number of hydrogen-bond donors (Lipinski definition) is 1. The van der Waals surface area contributed by atoms with Gasteiger partial charge in [0, 0.05) is 7.05 Å². The molecule has 0 saturated carbocycles. The maximum atomic E-state index is 14.3. The molecule has 0 bridgehead atoms. The number of nitrogens with one attached hydrogen (secondary N) is 1. The Morgan fingerprint density at radius 3 is 2.41 bits per heavy atom. The van der Waals surface area contributed by atoms with Crippen molar-refractivity contribution in [3.8, 4) is 0 Å². The topological polar surface area (TPSA) is 86.8 Å². The lowest BCUT2D eigenvalue weighted by atomic mass is 10.1. The highest BCUT2D eigenvalue weighted by atomic mass is 35.5. The van der Waals surface area contributed by atoms with Gasteiger partial charge in [0.25, 0.3) is 0 Å². The fraction of sp³-hybridized carbons (Fsp3) is 0.429. The molecule has 1 atom stereocenters. The number of urea groups is 1. The first kappa shape index (κ1) is 21.2. The standard InChI is InChI=1S/C14H14ClF4N3O4S/c1-3-27(25,26)20-9-5-10(8(16)4-7(9)15)22-12(23)6-11(14(17,18)19)21(2)13(22)24/h4-5,11,20H,3,6H2,1-2H3. The van der Waals surface area contributed by atoms with Crippen LogP contribution in [0.3, 0.4) is 0 Å². The van der Waals surface area contributed by atoms with Crippen LogP contribution in [0.25, 0.3) is 0 Å². The summed E-state index contributed by atoms with van der Waals surface area (Å²) in [5.74, 6) is -2.81. The summed E-state index contributed by atoms with van der Waals surface area (Å²) in [5.41, 5.74) is -1.04. The van der Waals surface area contributed by atoms with Crippen molar-refractivity contribution < 1.29 is 35.6 Å². The molecule has 1 unspecified atom stereocenters. The van der Waals surface area contributed by atoms with Gasteiger partial charge < -0.3 is 4.90 Å². The second-order valence-electron chi connectivity index (χ2n) is 5.67. The number of rotatable bonds is 4. The van der Waals surface area contributed by atoms with Gasteiger partial charge in [0.15, 0.2) is 0 Å². The van der Waals surface area contributed by atoms with Crippen LogP contribution in [0.5, 0.6) is 0 Å².